The summed E-state index contributed by atoms with van der Waals surface area (Å²) >= 11 is 1.87. The number of thiophene rings is 1. The normalized spacial score (nSPS) is 14.7. The van der Waals surface area contributed by atoms with Crippen LogP contribution in [0.25, 0.3) is 155 Å². The molecule has 0 saturated heterocycles. The van der Waals surface area contributed by atoms with Crippen LogP contribution in [0.3, 0.4) is 0 Å². The van der Waals surface area contributed by atoms with Gasteiger partial charge in [0.2, 0.25) is 0 Å². The summed E-state index contributed by atoms with van der Waals surface area (Å²) in [5, 5.41) is 4.63. The molecule has 98 heavy (non-hydrogen) atoms. The fraction of sp³-hybridized carbons (Fsp3) is 0.133. The molecule has 2 fully saturated rings. The minimum Gasteiger partial charge on any atom is -0.455 e. The fourth-order valence-corrected chi connectivity index (χ4v) is 18.1. The van der Waals surface area contributed by atoms with Gasteiger partial charge in [-0.2, -0.15) is 0 Å². The lowest BCUT2D eigenvalue weighted by Crippen LogP contribution is -2.27. The predicted octanol–water partition coefficient (Wildman–Crippen LogP) is 23.8. The molecule has 4 aromatic heterocycles. The third-order valence-electron chi connectivity index (χ3n) is 21.5. The van der Waals surface area contributed by atoms with E-state index < -0.39 is 0 Å². The molecule has 2 spiro atoms. The summed E-state index contributed by atoms with van der Waals surface area (Å²) in [4.78, 5) is 29.7. The summed E-state index contributed by atoms with van der Waals surface area (Å²) < 4.78 is 9.24. The molecule has 0 radical (unpaired) electrons. The Bertz CT molecular complexity index is 5300. The first-order valence-electron chi connectivity index (χ1n) is 34.7. The van der Waals surface area contributed by atoms with Gasteiger partial charge < -0.3 is 4.42 Å². The summed E-state index contributed by atoms with van der Waals surface area (Å²) in [7, 11) is 0. The highest BCUT2D eigenvalue weighted by Crippen LogP contribution is 2.58. The van der Waals surface area contributed by atoms with Gasteiger partial charge in [-0.15, -0.1) is 11.3 Å². The number of benzene rings is 12. The van der Waals surface area contributed by atoms with Crippen molar-refractivity contribution in [2.45, 2.75) is 75.0 Å². The average Bonchev–Trinajstić information content (AvgIpc) is 1.56. The van der Waals surface area contributed by atoms with Crippen molar-refractivity contribution in [1.82, 2.24) is 29.9 Å². The van der Waals surface area contributed by atoms with E-state index in [1.807, 2.05) is 114 Å². The second-order valence-corrected chi connectivity index (χ2v) is 28.0. The van der Waals surface area contributed by atoms with E-state index in [4.69, 9.17) is 34.3 Å². The maximum Gasteiger partial charge on any atom is 0.164 e. The molecule has 4 aliphatic carbocycles. The number of fused-ring (bicyclic) bond motifs is 16. The van der Waals surface area contributed by atoms with Gasteiger partial charge in [-0.25, -0.2) is 29.9 Å². The summed E-state index contributed by atoms with van der Waals surface area (Å²) in [6.45, 7) is 0. The summed E-state index contributed by atoms with van der Waals surface area (Å²) in [5.74, 6) is 3.97. The van der Waals surface area contributed by atoms with Crippen LogP contribution in [0.5, 0.6) is 0 Å². The molecule has 0 bridgehead atoms. The lowest BCUT2D eigenvalue weighted by Gasteiger charge is -2.36. The highest BCUT2D eigenvalue weighted by molar-refractivity contribution is 7.26. The van der Waals surface area contributed by atoms with Crippen LogP contribution in [-0.4, -0.2) is 29.9 Å². The number of nitrogens with zero attached hydrogens (tertiary/aromatic N) is 6. The minimum absolute atomic E-state index is 0.153. The predicted molar refractivity (Wildman–Crippen MR) is 402 cm³/mol. The van der Waals surface area contributed by atoms with E-state index in [0.717, 1.165) is 60.9 Å². The molecule has 7 nitrogen and oxygen atoms in total. The van der Waals surface area contributed by atoms with Crippen molar-refractivity contribution >= 4 is 53.4 Å². The van der Waals surface area contributed by atoms with Gasteiger partial charge in [0, 0.05) is 80.7 Å². The second-order valence-electron chi connectivity index (χ2n) is 27.0. The molecule has 0 atom stereocenters. The van der Waals surface area contributed by atoms with E-state index in [1.165, 1.54) is 140 Å². The van der Waals surface area contributed by atoms with Gasteiger partial charge in [-0.1, -0.05) is 269 Å². The highest BCUT2D eigenvalue weighted by atomic mass is 32.1. The van der Waals surface area contributed by atoms with Crippen molar-refractivity contribution in [2.24, 2.45) is 0 Å². The van der Waals surface area contributed by atoms with Gasteiger partial charge >= 0.3 is 0 Å². The van der Waals surface area contributed by atoms with Crippen molar-refractivity contribution in [3.8, 4) is 113 Å². The molecule has 0 N–H and O–H groups in total. The molecular formula is C90H66N6OS. The monoisotopic (exact) mass is 1280 g/mol. The Morgan fingerprint density at radius 3 is 1.12 bits per heavy atom. The second kappa shape index (κ2) is 23.8. The minimum atomic E-state index is 0.153. The van der Waals surface area contributed by atoms with Crippen LogP contribution in [0.1, 0.15) is 86.5 Å². The molecule has 0 amide bonds. The standard InChI is InChI=1S/C45H33N3O.C45H33N3S/c2*1-4-13-29(14-5-1)42-46-43(30-15-6-2-7-16-30)48-44(47-42)32-22-24-40-37(28-32)35-19-12-18-33(41(35)49-40)31-21-23-39-36(27-31)34-17-8-9-20-38(34)45(39)25-10-3-11-26-45/h2*1-2,4-9,12-24,27-28H,3,10-11,25-26H2. The topological polar surface area (TPSA) is 90.5 Å². The van der Waals surface area contributed by atoms with Crippen molar-refractivity contribution in [1.29, 1.82) is 0 Å². The first kappa shape index (κ1) is 58.1. The van der Waals surface area contributed by atoms with Crippen molar-refractivity contribution in [3.63, 3.8) is 0 Å². The molecule has 12 aromatic carbocycles. The zero-order chi connectivity index (χ0) is 64.7. The maximum absolute atomic E-state index is 6.66. The van der Waals surface area contributed by atoms with E-state index >= 15 is 0 Å². The Morgan fingerprint density at radius 2 is 0.633 bits per heavy atom. The molecule has 0 aliphatic heterocycles. The van der Waals surface area contributed by atoms with Gasteiger partial charge in [-0.3, -0.25) is 0 Å². The maximum atomic E-state index is 6.66. The molecule has 468 valence electrons. The van der Waals surface area contributed by atoms with Gasteiger partial charge in [0.1, 0.15) is 11.2 Å². The smallest absolute Gasteiger partial charge is 0.164 e. The SMILES string of the molecule is c1ccc(-c2nc(-c3ccccc3)nc(-c3ccc4oc5c(-c6ccc7c(c6)-c6ccccc6C76CCCCC6)cccc5c4c3)n2)cc1.c1ccc(-c2nc(-c3ccccc3)nc(-c3ccc4sc5c(-c6ccc7c(c6)-c6ccccc6C76CCCCC6)cccc5c4c3)n2)cc1. The Morgan fingerprint density at radius 1 is 0.255 bits per heavy atom. The molecule has 8 heteroatoms. The Labute approximate surface area is 573 Å². The zero-order valence-corrected chi connectivity index (χ0v) is 54.9. The summed E-state index contributed by atoms with van der Waals surface area (Å²) in [6.07, 6.45) is 12.9. The van der Waals surface area contributed by atoms with Crippen LogP contribution in [0, 0.1) is 0 Å². The van der Waals surface area contributed by atoms with Crippen LogP contribution in [0.15, 0.2) is 283 Å². The van der Waals surface area contributed by atoms with Crippen LogP contribution in [0.2, 0.25) is 0 Å². The Kier molecular flexibility index (Phi) is 14.1. The summed E-state index contributed by atoms with van der Waals surface area (Å²) in [5.41, 5.74) is 24.4. The van der Waals surface area contributed by atoms with Gasteiger partial charge in [-0.05, 0) is 135 Å². The first-order chi connectivity index (χ1) is 48.5. The summed E-state index contributed by atoms with van der Waals surface area (Å²) in [6, 6.07) is 99.4. The number of hydrogen-bond donors (Lipinski definition) is 0. The van der Waals surface area contributed by atoms with Crippen molar-refractivity contribution in [2.75, 3.05) is 0 Å². The Balaban J connectivity index is 0.000000137. The lowest BCUT2D eigenvalue weighted by atomic mass is 9.68. The zero-order valence-electron chi connectivity index (χ0n) is 54.1. The third kappa shape index (κ3) is 9.74. The fourth-order valence-electron chi connectivity index (χ4n) is 16.9. The van der Waals surface area contributed by atoms with Gasteiger partial charge in [0.05, 0.1) is 0 Å². The quantitative estimate of drug-likeness (QED) is 0.150. The number of furan rings is 1. The van der Waals surface area contributed by atoms with E-state index in [2.05, 4.69) is 176 Å². The molecule has 0 unspecified atom stereocenters. The van der Waals surface area contributed by atoms with E-state index in [-0.39, 0.29) is 10.8 Å². The molecule has 2 saturated carbocycles. The van der Waals surface area contributed by atoms with Crippen molar-refractivity contribution < 1.29 is 4.42 Å². The van der Waals surface area contributed by atoms with Gasteiger partial charge in [0.25, 0.3) is 0 Å². The lowest BCUT2D eigenvalue weighted by molar-refractivity contribution is 0.353. The van der Waals surface area contributed by atoms with E-state index in [0.29, 0.717) is 34.9 Å². The molecule has 20 rings (SSSR count). The third-order valence-corrected chi connectivity index (χ3v) is 22.7. The van der Waals surface area contributed by atoms with Crippen LogP contribution in [-0.2, 0) is 10.8 Å². The highest BCUT2D eigenvalue weighted by Gasteiger charge is 2.45. The number of hydrogen-bond acceptors (Lipinski definition) is 8. The van der Waals surface area contributed by atoms with Gasteiger partial charge in [0.15, 0.2) is 34.9 Å². The Hall–Kier alpha value is -11.3. The van der Waals surface area contributed by atoms with E-state index in [1.54, 1.807) is 5.56 Å². The molecule has 4 heterocycles. The van der Waals surface area contributed by atoms with Crippen LogP contribution >= 0.6 is 11.3 Å². The molecule has 16 aromatic rings. The van der Waals surface area contributed by atoms with Crippen LogP contribution in [0.4, 0.5) is 0 Å². The molecule has 4 aliphatic rings. The number of aromatic nitrogens is 6. The van der Waals surface area contributed by atoms with Crippen LogP contribution < -0.4 is 0 Å². The van der Waals surface area contributed by atoms with Crippen molar-refractivity contribution in [3.05, 3.63) is 301 Å². The first-order valence-corrected chi connectivity index (χ1v) is 35.5. The largest absolute Gasteiger partial charge is 0.455 e. The number of para-hydroxylation sites is 1. The molecular weight excluding hydrogens is 1210 g/mol. The van der Waals surface area contributed by atoms with E-state index in [9.17, 15) is 0 Å². The average molecular weight is 1280 g/mol. The number of rotatable bonds is 8.